The standard InChI is InChI=1S/C11H12N4OS/c1-5-3-6(2)8-7(4-5)9(16)10(13-8)14-15-11(12)17/h3-4,13,16H,1-2H3,(H2,12,17)/b15-14+. The molecule has 0 aliphatic carbocycles. The van der Waals surface area contributed by atoms with Crippen molar-refractivity contribution in [3.8, 4) is 5.75 Å². The summed E-state index contributed by atoms with van der Waals surface area (Å²) >= 11 is 4.59. The normalized spacial score (nSPS) is 11.4. The molecule has 0 amide bonds. The summed E-state index contributed by atoms with van der Waals surface area (Å²) in [6.45, 7) is 3.93. The lowest BCUT2D eigenvalue weighted by molar-refractivity contribution is 0.482. The van der Waals surface area contributed by atoms with Crippen molar-refractivity contribution in [1.82, 2.24) is 4.98 Å². The maximum atomic E-state index is 9.98. The van der Waals surface area contributed by atoms with Crippen molar-refractivity contribution in [3.05, 3.63) is 23.3 Å². The molecule has 6 heteroatoms. The Balaban J connectivity index is 2.64. The minimum absolute atomic E-state index is 0.0619. The van der Waals surface area contributed by atoms with Gasteiger partial charge in [-0.05, 0) is 43.3 Å². The van der Waals surface area contributed by atoms with Crippen LogP contribution in [0.3, 0.4) is 0 Å². The van der Waals surface area contributed by atoms with Crippen molar-refractivity contribution in [1.29, 1.82) is 0 Å². The molecule has 0 saturated carbocycles. The summed E-state index contributed by atoms with van der Waals surface area (Å²) in [5, 5.41) is 17.9. The van der Waals surface area contributed by atoms with Gasteiger partial charge in [-0.25, -0.2) is 0 Å². The predicted molar refractivity (Wildman–Crippen MR) is 70.7 cm³/mol. The highest BCUT2D eigenvalue weighted by molar-refractivity contribution is 7.80. The third kappa shape index (κ3) is 2.12. The van der Waals surface area contributed by atoms with Gasteiger partial charge in [0.2, 0.25) is 5.11 Å². The zero-order valence-corrected chi connectivity index (χ0v) is 10.3. The molecule has 4 N–H and O–H groups in total. The third-order valence-electron chi connectivity index (χ3n) is 2.45. The van der Waals surface area contributed by atoms with E-state index in [0.29, 0.717) is 0 Å². The van der Waals surface area contributed by atoms with Gasteiger partial charge in [-0.2, -0.15) is 0 Å². The number of H-pyrrole nitrogens is 1. The molecule has 2 rings (SSSR count). The number of hydrogen-bond acceptors (Lipinski definition) is 3. The number of azo groups is 1. The van der Waals surface area contributed by atoms with Crippen molar-refractivity contribution in [2.75, 3.05) is 0 Å². The van der Waals surface area contributed by atoms with Gasteiger partial charge in [0, 0.05) is 5.39 Å². The van der Waals surface area contributed by atoms with Crippen molar-refractivity contribution in [3.63, 3.8) is 0 Å². The van der Waals surface area contributed by atoms with Crippen molar-refractivity contribution in [2.24, 2.45) is 16.0 Å². The van der Waals surface area contributed by atoms with Crippen LogP contribution in [0.4, 0.5) is 5.82 Å². The van der Waals surface area contributed by atoms with Gasteiger partial charge in [-0.15, -0.1) is 10.2 Å². The number of aromatic hydroxyl groups is 1. The Hall–Kier alpha value is -1.95. The molecule has 2 aromatic rings. The zero-order valence-electron chi connectivity index (χ0n) is 9.48. The van der Waals surface area contributed by atoms with Gasteiger partial charge in [0.05, 0.1) is 5.52 Å². The minimum atomic E-state index is -0.0732. The molecule has 1 aromatic carbocycles. The van der Waals surface area contributed by atoms with E-state index in [1.54, 1.807) is 0 Å². The first-order chi connectivity index (χ1) is 7.99. The summed E-state index contributed by atoms with van der Waals surface area (Å²) < 4.78 is 0. The first-order valence-electron chi connectivity index (χ1n) is 5.02. The second kappa shape index (κ2) is 4.14. The molecule has 1 heterocycles. The smallest absolute Gasteiger partial charge is 0.211 e. The van der Waals surface area contributed by atoms with Crippen LogP contribution in [0.15, 0.2) is 22.4 Å². The van der Waals surface area contributed by atoms with E-state index in [-0.39, 0.29) is 16.7 Å². The van der Waals surface area contributed by atoms with E-state index < -0.39 is 0 Å². The molecule has 0 aliphatic rings. The van der Waals surface area contributed by atoms with E-state index in [1.165, 1.54) is 0 Å². The average Bonchev–Trinajstić information content (AvgIpc) is 2.54. The Morgan fingerprint density at radius 1 is 1.41 bits per heavy atom. The molecule has 0 radical (unpaired) electrons. The number of benzene rings is 1. The van der Waals surface area contributed by atoms with E-state index in [0.717, 1.165) is 22.0 Å². The maximum absolute atomic E-state index is 9.98. The lowest BCUT2D eigenvalue weighted by Crippen LogP contribution is -2.01. The van der Waals surface area contributed by atoms with Crippen LogP contribution in [0.25, 0.3) is 10.9 Å². The number of thiocarbonyl (C=S) groups is 1. The topological polar surface area (TPSA) is 86.8 Å². The Kier molecular flexibility index (Phi) is 2.81. The van der Waals surface area contributed by atoms with Gasteiger partial charge in [0.1, 0.15) is 0 Å². The van der Waals surface area contributed by atoms with Crippen LogP contribution >= 0.6 is 12.2 Å². The maximum Gasteiger partial charge on any atom is 0.211 e. The molecule has 88 valence electrons. The lowest BCUT2D eigenvalue weighted by Gasteiger charge is -1.98. The molecule has 1 aromatic heterocycles. The van der Waals surface area contributed by atoms with Gasteiger partial charge in [0.25, 0.3) is 0 Å². The van der Waals surface area contributed by atoms with Crippen molar-refractivity contribution >= 4 is 34.1 Å². The molecule has 0 fully saturated rings. The fraction of sp³-hybridized carbons (Fsp3) is 0.182. The van der Waals surface area contributed by atoms with Gasteiger partial charge in [0.15, 0.2) is 11.6 Å². The molecule has 0 saturated heterocycles. The summed E-state index contributed by atoms with van der Waals surface area (Å²) in [6.07, 6.45) is 0. The number of fused-ring (bicyclic) bond motifs is 1. The van der Waals surface area contributed by atoms with Crippen LogP contribution in [-0.2, 0) is 0 Å². The van der Waals surface area contributed by atoms with E-state index in [1.807, 2.05) is 26.0 Å². The number of nitrogens with two attached hydrogens (primary N) is 1. The summed E-state index contributed by atoms with van der Waals surface area (Å²) in [5.41, 5.74) is 8.16. The second-order valence-electron chi connectivity index (χ2n) is 3.86. The van der Waals surface area contributed by atoms with E-state index in [9.17, 15) is 5.11 Å². The summed E-state index contributed by atoms with van der Waals surface area (Å²) in [6, 6.07) is 3.90. The zero-order chi connectivity index (χ0) is 12.6. The van der Waals surface area contributed by atoms with Crippen LogP contribution in [0.2, 0.25) is 0 Å². The quantitative estimate of drug-likeness (QED) is 0.535. The molecular weight excluding hydrogens is 236 g/mol. The molecule has 0 atom stereocenters. The van der Waals surface area contributed by atoms with Gasteiger partial charge in [-0.1, -0.05) is 6.07 Å². The number of hydrogen-bond donors (Lipinski definition) is 3. The number of rotatable bonds is 1. The molecule has 0 spiro atoms. The van der Waals surface area contributed by atoms with E-state index in [2.05, 4.69) is 27.4 Å². The summed E-state index contributed by atoms with van der Waals surface area (Å²) in [7, 11) is 0. The van der Waals surface area contributed by atoms with Gasteiger partial charge in [-0.3, -0.25) is 0 Å². The average molecular weight is 248 g/mol. The highest BCUT2D eigenvalue weighted by Gasteiger charge is 2.12. The summed E-state index contributed by atoms with van der Waals surface area (Å²) in [5.74, 6) is 0.327. The van der Waals surface area contributed by atoms with E-state index in [4.69, 9.17) is 5.73 Å². The molecule has 0 unspecified atom stereocenters. The first-order valence-corrected chi connectivity index (χ1v) is 5.43. The van der Waals surface area contributed by atoms with E-state index >= 15 is 0 Å². The fourth-order valence-corrected chi connectivity index (χ4v) is 1.84. The number of nitrogens with one attached hydrogen (secondary N) is 1. The Morgan fingerprint density at radius 2 is 2.12 bits per heavy atom. The van der Waals surface area contributed by atoms with Crippen LogP contribution in [0.5, 0.6) is 5.75 Å². The van der Waals surface area contributed by atoms with Crippen LogP contribution < -0.4 is 5.73 Å². The Bertz CT molecular complexity index is 630. The second-order valence-corrected chi connectivity index (χ2v) is 4.28. The third-order valence-corrected chi connectivity index (χ3v) is 2.53. The summed E-state index contributed by atoms with van der Waals surface area (Å²) in [4.78, 5) is 2.99. The van der Waals surface area contributed by atoms with Crippen LogP contribution in [0, 0.1) is 13.8 Å². The Labute approximate surface area is 103 Å². The number of aromatic nitrogens is 1. The number of aryl methyl sites for hydroxylation is 2. The molecule has 17 heavy (non-hydrogen) atoms. The highest BCUT2D eigenvalue weighted by Crippen LogP contribution is 2.36. The molecule has 0 bridgehead atoms. The Morgan fingerprint density at radius 3 is 2.76 bits per heavy atom. The largest absolute Gasteiger partial charge is 0.504 e. The predicted octanol–water partition coefficient (Wildman–Crippen LogP) is 2.82. The SMILES string of the molecule is Cc1cc(C)c2[nH]c(/N=N/C(N)=S)c(O)c2c1. The monoisotopic (exact) mass is 248 g/mol. The number of nitrogens with zero attached hydrogens (tertiary/aromatic N) is 2. The fourth-order valence-electron chi connectivity index (χ4n) is 1.80. The first kappa shape index (κ1) is 11.5. The highest BCUT2D eigenvalue weighted by atomic mass is 32.1. The molecule has 5 nitrogen and oxygen atoms in total. The lowest BCUT2D eigenvalue weighted by atomic mass is 10.1. The van der Waals surface area contributed by atoms with Crippen molar-refractivity contribution < 1.29 is 5.11 Å². The van der Waals surface area contributed by atoms with Gasteiger partial charge >= 0.3 is 0 Å². The van der Waals surface area contributed by atoms with Crippen LogP contribution in [-0.4, -0.2) is 15.2 Å². The molecular formula is C11H12N4OS. The molecule has 0 aliphatic heterocycles. The number of aromatic amines is 1. The van der Waals surface area contributed by atoms with Crippen molar-refractivity contribution in [2.45, 2.75) is 13.8 Å². The van der Waals surface area contributed by atoms with Gasteiger partial charge < -0.3 is 15.8 Å². The minimum Gasteiger partial charge on any atom is -0.504 e. The van der Waals surface area contributed by atoms with Crippen LogP contribution in [0.1, 0.15) is 11.1 Å².